The van der Waals surface area contributed by atoms with E-state index in [9.17, 15) is 0 Å². The van der Waals surface area contributed by atoms with Gasteiger partial charge >= 0.3 is 0 Å². The third-order valence-corrected chi connectivity index (χ3v) is 4.12. The van der Waals surface area contributed by atoms with Gasteiger partial charge in [0.2, 0.25) is 0 Å². The summed E-state index contributed by atoms with van der Waals surface area (Å²) in [5.74, 6) is 1.10. The Balaban J connectivity index is 2.01. The van der Waals surface area contributed by atoms with Crippen LogP contribution in [0, 0.1) is 0 Å². The molecule has 0 atom stereocenters. The highest BCUT2D eigenvalue weighted by atomic mass is 15.1. The van der Waals surface area contributed by atoms with Gasteiger partial charge in [-0.3, -0.25) is 4.57 Å². The molecule has 2 N–H and O–H groups in total. The molecule has 4 heteroatoms. The van der Waals surface area contributed by atoms with Crippen LogP contribution in [0.5, 0.6) is 0 Å². The molecule has 2 heterocycles. The van der Waals surface area contributed by atoms with Gasteiger partial charge in [0.05, 0.1) is 0 Å². The van der Waals surface area contributed by atoms with Gasteiger partial charge in [-0.15, -0.1) is 0 Å². The number of unbranched alkanes of at least 4 members (excludes halogenated alkanes) is 2. The molecule has 0 aliphatic heterocycles. The van der Waals surface area contributed by atoms with Crippen LogP contribution in [0.2, 0.25) is 0 Å². The van der Waals surface area contributed by atoms with Gasteiger partial charge in [0, 0.05) is 18.3 Å². The van der Waals surface area contributed by atoms with Crippen molar-refractivity contribution in [2.24, 2.45) is 5.73 Å². The van der Waals surface area contributed by atoms with Crippen molar-refractivity contribution in [2.45, 2.75) is 39.0 Å². The van der Waals surface area contributed by atoms with E-state index in [4.69, 9.17) is 10.7 Å². The number of hydrogen-bond donors (Lipinski definition) is 1. The normalized spacial score (nSPS) is 11.2. The van der Waals surface area contributed by atoms with Crippen LogP contribution in [0.1, 0.15) is 37.6 Å². The van der Waals surface area contributed by atoms with Crippen LogP contribution in [0.3, 0.4) is 0 Å². The zero-order chi connectivity index (χ0) is 16.1. The molecule has 0 fully saturated rings. The van der Waals surface area contributed by atoms with Gasteiger partial charge in [-0.25, -0.2) is 9.97 Å². The quantitative estimate of drug-likeness (QED) is 0.678. The summed E-state index contributed by atoms with van der Waals surface area (Å²) >= 11 is 0. The lowest BCUT2D eigenvalue weighted by Crippen LogP contribution is -2.04. The molecule has 0 saturated carbocycles. The molecule has 0 unspecified atom stereocenters. The molecule has 2 aromatic heterocycles. The zero-order valence-corrected chi connectivity index (χ0v) is 13.7. The minimum Gasteiger partial charge on any atom is -0.330 e. The number of aromatic nitrogens is 3. The molecule has 0 amide bonds. The lowest BCUT2D eigenvalue weighted by molar-refractivity contribution is 0.688. The van der Waals surface area contributed by atoms with Crippen molar-refractivity contribution >= 4 is 11.2 Å². The molecule has 3 rings (SSSR count). The Morgan fingerprint density at radius 2 is 1.87 bits per heavy atom. The third-order valence-electron chi connectivity index (χ3n) is 4.12. The number of nitrogens with two attached hydrogens (primary N) is 1. The molecule has 4 nitrogen and oxygen atoms in total. The molecule has 23 heavy (non-hydrogen) atoms. The van der Waals surface area contributed by atoms with Crippen LogP contribution in [-0.4, -0.2) is 21.1 Å². The molecule has 1 aromatic carbocycles. The molecule has 3 aromatic rings. The fourth-order valence-electron chi connectivity index (χ4n) is 2.91. The van der Waals surface area contributed by atoms with Gasteiger partial charge in [0.1, 0.15) is 11.3 Å². The zero-order valence-electron chi connectivity index (χ0n) is 13.7. The minimum atomic E-state index is 0.678. The summed E-state index contributed by atoms with van der Waals surface area (Å²) in [5.41, 5.74) is 9.92. The fraction of sp³-hybridized carbons (Fsp3) is 0.368. The summed E-state index contributed by atoms with van der Waals surface area (Å²) in [5, 5.41) is 0. The molecule has 0 spiro atoms. The van der Waals surface area contributed by atoms with E-state index in [1.807, 2.05) is 18.3 Å². The fourth-order valence-corrected chi connectivity index (χ4v) is 2.91. The first kappa shape index (κ1) is 15.7. The highest BCUT2D eigenvalue weighted by molar-refractivity contribution is 5.73. The first-order chi connectivity index (χ1) is 11.3. The second kappa shape index (κ2) is 7.38. The summed E-state index contributed by atoms with van der Waals surface area (Å²) in [6, 6.07) is 12.6. The van der Waals surface area contributed by atoms with E-state index >= 15 is 0 Å². The maximum atomic E-state index is 5.63. The molecule has 0 bridgehead atoms. The van der Waals surface area contributed by atoms with Gasteiger partial charge in [0.15, 0.2) is 5.65 Å². The Labute approximate surface area is 137 Å². The Morgan fingerprint density at radius 1 is 1.04 bits per heavy atom. The SMILES string of the molecule is CCCCCc1nc2cccnc2n1-c1ccc(CCN)cc1. The smallest absolute Gasteiger partial charge is 0.164 e. The Hall–Kier alpha value is -2.20. The monoisotopic (exact) mass is 308 g/mol. The molecule has 0 saturated heterocycles. The van der Waals surface area contributed by atoms with Crippen molar-refractivity contribution < 1.29 is 0 Å². The number of benzene rings is 1. The average molecular weight is 308 g/mol. The van der Waals surface area contributed by atoms with E-state index in [1.165, 1.54) is 18.4 Å². The van der Waals surface area contributed by atoms with Gasteiger partial charge in [0.25, 0.3) is 0 Å². The van der Waals surface area contributed by atoms with Crippen LogP contribution in [0.4, 0.5) is 0 Å². The lowest BCUT2D eigenvalue weighted by Gasteiger charge is -2.09. The van der Waals surface area contributed by atoms with Crippen LogP contribution >= 0.6 is 0 Å². The maximum absolute atomic E-state index is 5.63. The van der Waals surface area contributed by atoms with Crippen molar-refractivity contribution in [1.82, 2.24) is 14.5 Å². The van der Waals surface area contributed by atoms with Crippen molar-refractivity contribution in [3.05, 3.63) is 54.0 Å². The number of rotatable bonds is 7. The highest BCUT2D eigenvalue weighted by Crippen LogP contribution is 2.21. The molecule has 0 radical (unpaired) electrons. The number of fused-ring (bicyclic) bond motifs is 1. The topological polar surface area (TPSA) is 56.7 Å². The number of imidazole rings is 1. The van der Waals surface area contributed by atoms with E-state index in [2.05, 4.69) is 40.7 Å². The number of aryl methyl sites for hydroxylation is 1. The predicted molar refractivity (Wildman–Crippen MR) is 94.9 cm³/mol. The Bertz CT molecular complexity index is 759. The minimum absolute atomic E-state index is 0.678. The van der Waals surface area contributed by atoms with Gasteiger partial charge in [-0.05, 0) is 49.2 Å². The van der Waals surface area contributed by atoms with E-state index in [1.54, 1.807) is 0 Å². The number of hydrogen-bond acceptors (Lipinski definition) is 3. The number of nitrogens with zero attached hydrogens (tertiary/aromatic N) is 3. The number of pyridine rings is 1. The molecule has 120 valence electrons. The van der Waals surface area contributed by atoms with Crippen LogP contribution < -0.4 is 5.73 Å². The first-order valence-electron chi connectivity index (χ1n) is 8.45. The van der Waals surface area contributed by atoms with E-state index in [-0.39, 0.29) is 0 Å². The van der Waals surface area contributed by atoms with Crippen LogP contribution in [-0.2, 0) is 12.8 Å². The standard InChI is InChI=1S/C19H24N4/c1-2-3-4-7-18-22-17-6-5-14-21-19(17)23(18)16-10-8-15(9-11-16)12-13-20/h5-6,8-11,14H,2-4,7,12-13,20H2,1H3. The summed E-state index contributed by atoms with van der Waals surface area (Å²) in [4.78, 5) is 9.35. The Morgan fingerprint density at radius 3 is 2.61 bits per heavy atom. The average Bonchev–Trinajstić information content (AvgIpc) is 2.94. The summed E-state index contributed by atoms with van der Waals surface area (Å²) < 4.78 is 2.19. The summed E-state index contributed by atoms with van der Waals surface area (Å²) in [7, 11) is 0. The maximum Gasteiger partial charge on any atom is 0.164 e. The predicted octanol–water partition coefficient (Wildman–Crippen LogP) is 3.65. The molecule has 0 aliphatic rings. The van der Waals surface area contributed by atoms with Gasteiger partial charge in [-0.2, -0.15) is 0 Å². The summed E-state index contributed by atoms with van der Waals surface area (Å²) in [6.45, 7) is 2.90. The van der Waals surface area contributed by atoms with E-state index in [0.717, 1.165) is 41.9 Å². The lowest BCUT2D eigenvalue weighted by atomic mass is 10.1. The van der Waals surface area contributed by atoms with Crippen molar-refractivity contribution in [2.75, 3.05) is 6.54 Å². The van der Waals surface area contributed by atoms with Crippen LogP contribution in [0.15, 0.2) is 42.6 Å². The highest BCUT2D eigenvalue weighted by Gasteiger charge is 2.12. The van der Waals surface area contributed by atoms with Crippen LogP contribution in [0.25, 0.3) is 16.9 Å². The van der Waals surface area contributed by atoms with Crippen molar-refractivity contribution in [3.63, 3.8) is 0 Å². The molecule has 0 aliphatic carbocycles. The second-order valence-corrected chi connectivity index (χ2v) is 5.87. The van der Waals surface area contributed by atoms with E-state index < -0.39 is 0 Å². The first-order valence-corrected chi connectivity index (χ1v) is 8.45. The van der Waals surface area contributed by atoms with Gasteiger partial charge < -0.3 is 5.73 Å². The molecular weight excluding hydrogens is 284 g/mol. The van der Waals surface area contributed by atoms with Crippen molar-refractivity contribution in [3.8, 4) is 5.69 Å². The third kappa shape index (κ3) is 3.42. The second-order valence-electron chi connectivity index (χ2n) is 5.87. The van der Waals surface area contributed by atoms with Gasteiger partial charge in [-0.1, -0.05) is 31.9 Å². The van der Waals surface area contributed by atoms with E-state index in [0.29, 0.717) is 6.54 Å². The largest absolute Gasteiger partial charge is 0.330 e. The summed E-state index contributed by atoms with van der Waals surface area (Å²) in [6.07, 6.45) is 7.32. The Kier molecular flexibility index (Phi) is 5.03. The van der Waals surface area contributed by atoms with Crippen molar-refractivity contribution in [1.29, 1.82) is 0 Å². The molecular formula is C19H24N4.